The van der Waals surface area contributed by atoms with E-state index in [1.165, 1.54) is 0 Å². The average molecular weight is 213 g/mol. The molecule has 0 fully saturated rings. The molecule has 0 radical (unpaired) electrons. The second-order valence-corrected chi connectivity index (χ2v) is 4.08. The molecule has 2 N–H and O–H groups in total. The van der Waals surface area contributed by atoms with Crippen molar-refractivity contribution < 1.29 is 4.39 Å². The standard InChI is InChI=1S/C11H16FNS/c1-14-10-6-5-9(11(12)8-10)4-2-3-7-13/h5-6,8H,2-4,7,13H2,1H3. The van der Waals surface area contributed by atoms with Gasteiger partial charge in [0.1, 0.15) is 5.82 Å². The highest BCUT2D eigenvalue weighted by Crippen LogP contribution is 2.19. The number of aryl methyl sites for hydroxylation is 1. The van der Waals surface area contributed by atoms with Crippen molar-refractivity contribution in [2.75, 3.05) is 12.8 Å². The van der Waals surface area contributed by atoms with Crippen molar-refractivity contribution in [3.05, 3.63) is 29.6 Å². The smallest absolute Gasteiger partial charge is 0.127 e. The first kappa shape index (κ1) is 11.5. The Kier molecular flexibility index (Phi) is 4.98. The van der Waals surface area contributed by atoms with Gasteiger partial charge in [-0.1, -0.05) is 6.07 Å². The average Bonchev–Trinajstić information content (AvgIpc) is 2.20. The fourth-order valence-electron chi connectivity index (χ4n) is 1.32. The third-order valence-corrected chi connectivity index (χ3v) is 2.89. The van der Waals surface area contributed by atoms with Crippen molar-refractivity contribution in [1.29, 1.82) is 0 Å². The molecular formula is C11H16FNS. The lowest BCUT2D eigenvalue weighted by atomic mass is 10.1. The molecule has 3 heteroatoms. The SMILES string of the molecule is CSc1ccc(CCCCN)c(F)c1. The molecule has 0 unspecified atom stereocenters. The summed E-state index contributed by atoms with van der Waals surface area (Å²) in [5, 5.41) is 0. The molecule has 1 rings (SSSR count). The zero-order valence-corrected chi connectivity index (χ0v) is 9.24. The first-order valence-electron chi connectivity index (χ1n) is 4.80. The van der Waals surface area contributed by atoms with Crippen molar-refractivity contribution in [3.63, 3.8) is 0 Å². The van der Waals surface area contributed by atoms with E-state index >= 15 is 0 Å². The lowest BCUT2D eigenvalue weighted by Gasteiger charge is -2.04. The van der Waals surface area contributed by atoms with Crippen molar-refractivity contribution in [2.24, 2.45) is 5.73 Å². The van der Waals surface area contributed by atoms with Crippen LogP contribution >= 0.6 is 11.8 Å². The monoisotopic (exact) mass is 213 g/mol. The fraction of sp³-hybridized carbons (Fsp3) is 0.455. The van der Waals surface area contributed by atoms with Crippen LogP contribution in [0.5, 0.6) is 0 Å². The van der Waals surface area contributed by atoms with Crippen molar-refractivity contribution >= 4 is 11.8 Å². The molecule has 0 aliphatic heterocycles. The number of rotatable bonds is 5. The first-order chi connectivity index (χ1) is 6.77. The number of thioether (sulfide) groups is 1. The highest BCUT2D eigenvalue weighted by Gasteiger charge is 2.02. The van der Waals surface area contributed by atoms with Crippen LogP contribution in [0, 0.1) is 5.82 Å². The van der Waals surface area contributed by atoms with Crippen LogP contribution in [0.3, 0.4) is 0 Å². The number of benzene rings is 1. The van der Waals surface area contributed by atoms with E-state index in [2.05, 4.69) is 0 Å². The maximum atomic E-state index is 13.4. The minimum absolute atomic E-state index is 0.0890. The molecule has 0 heterocycles. The van der Waals surface area contributed by atoms with Gasteiger partial charge in [0.15, 0.2) is 0 Å². The van der Waals surface area contributed by atoms with Crippen LogP contribution in [0.2, 0.25) is 0 Å². The number of hydrogen-bond donors (Lipinski definition) is 1. The summed E-state index contributed by atoms with van der Waals surface area (Å²) in [6, 6.07) is 5.44. The molecule has 1 aromatic carbocycles. The largest absolute Gasteiger partial charge is 0.330 e. The molecule has 0 saturated heterocycles. The molecule has 0 bridgehead atoms. The molecule has 0 amide bonds. The Morgan fingerprint density at radius 2 is 2.14 bits per heavy atom. The zero-order chi connectivity index (χ0) is 10.4. The van der Waals surface area contributed by atoms with Gasteiger partial charge in [-0.3, -0.25) is 0 Å². The van der Waals surface area contributed by atoms with Gasteiger partial charge in [0, 0.05) is 4.90 Å². The molecule has 14 heavy (non-hydrogen) atoms. The highest BCUT2D eigenvalue weighted by atomic mass is 32.2. The van der Waals surface area contributed by atoms with Crippen LogP contribution in [0.25, 0.3) is 0 Å². The second-order valence-electron chi connectivity index (χ2n) is 3.20. The van der Waals surface area contributed by atoms with Gasteiger partial charge < -0.3 is 5.73 Å². The van der Waals surface area contributed by atoms with Gasteiger partial charge in [-0.15, -0.1) is 11.8 Å². The summed E-state index contributed by atoms with van der Waals surface area (Å²) >= 11 is 1.56. The van der Waals surface area contributed by atoms with E-state index in [1.807, 2.05) is 18.4 Å². The maximum absolute atomic E-state index is 13.4. The summed E-state index contributed by atoms with van der Waals surface area (Å²) in [5.74, 6) is -0.0890. The fourth-order valence-corrected chi connectivity index (χ4v) is 1.74. The van der Waals surface area contributed by atoms with Gasteiger partial charge in [0.05, 0.1) is 0 Å². The summed E-state index contributed by atoms with van der Waals surface area (Å²) in [4.78, 5) is 0.977. The van der Waals surface area contributed by atoms with Gasteiger partial charge in [-0.2, -0.15) is 0 Å². The molecule has 0 spiro atoms. The van der Waals surface area contributed by atoms with Crippen molar-refractivity contribution in [1.82, 2.24) is 0 Å². The molecule has 0 aliphatic rings. The highest BCUT2D eigenvalue weighted by molar-refractivity contribution is 7.98. The second kappa shape index (κ2) is 6.04. The number of nitrogens with two attached hydrogens (primary N) is 1. The van der Waals surface area contributed by atoms with Crippen LogP contribution in [0.15, 0.2) is 23.1 Å². The van der Waals surface area contributed by atoms with Crippen LogP contribution in [-0.4, -0.2) is 12.8 Å². The van der Waals surface area contributed by atoms with E-state index in [4.69, 9.17) is 5.73 Å². The van der Waals surface area contributed by atoms with Crippen LogP contribution in [-0.2, 0) is 6.42 Å². The Balaban J connectivity index is 2.59. The third kappa shape index (κ3) is 3.31. The van der Waals surface area contributed by atoms with Gasteiger partial charge >= 0.3 is 0 Å². The van der Waals surface area contributed by atoms with Crippen LogP contribution in [0.4, 0.5) is 4.39 Å². The quantitative estimate of drug-likeness (QED) is 0.601. The predicted octanol–water partition coefficient (Wildman–Crippen LogP) is 2.83. The molecule has 0 atom stereocenters. The Labute approximate surface area is 88.9 Å². The van der Waals surface area contributed by atoms with Gasteiger partial charge in [0.25, 0.3) is 0 Å². The molecule has 1 nitrogen and oxygen atoms in total. The Hall–Kier alpha value is -0.540. The number of hydrogen-bond acceptors (Lipinski definition) is 2. The molecule has 0 saturated carbocycles. The van der Waals surface area contributed by atoms with E-state index in [1.54, 1.807) is 17.8 Å². The molecule has 0 aliphatic carbocycles. The van der Waals surface area contributed by atoms with Crippen LogP contribution < -0.4 is 5.73 Å². The number of halogens is 1. The normalized spacial score (nSPS) is 10.5. The van der Waals surface area contributed by atoms with Gasteiger partial charge in [-0.05, 0) is 49.8 Å². The molecular weight excluding hydrogens is 197 g/mol. The Bertz CT molecular complexity index is 289. The first-order valence-corrected chi connectivity index (χ1v) is 6.03. The molecule has 78 valence electrons. The topological polar surface area (TPSA) is 26.0 Å². The minimum atomic E-state index is -0.0890. The van der Waals surface area contributed by atoms with E-state index in [9.17, 15) is 4.39 Å². The lowest BCUT2D eigenvalue weighted by Crippen LogP contribution is -1.99. The third-order valence-electron chi connectivity index (χ3n) is 2.16. The van der Waals surface area contributed by atoms with Crippen molar-refractivity contribution in [2.45, 2.75) is 24.2 Å². The minimum Gasteiger partial charge on any atom is -0.330 e. The summed E-state index contributed by atoms with van der Waals surface area (Å²) in [6.45, 7) is 0.685. The maximum Gasteiger partial charge on any atom is 0.127 e. The van der Waals surface area contributed by atoms with E-state index in [-0.39, 0.29) is 5.82 Å². The van der Waals surface area contributed by atoms with E-state index in [0.717, 1.165) is 29.7 Å². The molecule has 0 aromatic heterocycles. The Morgan fingerprint density at radius 3 is 2.71 bits per heavy atom. The molecule has 1 aromatic rings. The summed E-state index contributed by atoms with van der Waals surface area (Å²) in [5.41, 5.74) is 6.18. The summed E-state index contributed by atoms with van der Waals surface area (Å²) in [7, 11) is 0. The van der Waals surface area contributed by atoms with E-state index < -0.39 is 0 Å². The summed E-state index contributed by atoms with van der Waals surface area (Å²) < 4.78 is 13.4. The van der Waals surface area contributed by atoms with Gasteiger partial charge in [0.2, 0.25) is 0 Å². The van der Waals surface area contributed by atoms with Crippen molar-refractivity contribution in [3.8, 4) is 0 Å². The lowest BCUT2D eigenvalue weighted by molar-refractivity contribution is 0.597. The predicted molar refractivity (Wildman–Crippen MR) is 60.2 cm³/mol. The summed E-state index contributed by atoms with van der Waals surface area (Å²) in [6.07, 6.45) is 4.66. The van der Waals surface area contributed by atoms with Crippen LogP contribution in [0.1, 0.15) is 18.4 Å². The Morgan fingerprint density at radius 1 is 1.36 bits per heavy atom. The van der Waals surface area contributed by atoms with E-state index in [0.29, 0.717) is 6.54 Å². The number of unbranched alkanes of at least 4 members (excludes halogenated alkanes) is 1. The zero-order valence-electron chi connectivity index (χ0n) is 8.42. The van der Waals surface area contributed by atoms with Gasteiger partial charge in [-0.25, -0.2) is 4.39 Å².